The van der Waals surface area contributed by atoms with E-state index in [9.17, 15) is 5.11 Å². The van der Waals surface area contributed by atoms with Gasteiger partial charge in [0.2, 0.25) is 0 Å². The van der Waals surface area contributed by atoms with Crippen LogP contribution in [-0.4, -0.2) is 25.0 Å². The molecule has 0 aliphatic carbocycles. The minimum absolute atomic E-state index is 0.416. The van der Waals surface area contributed by atoms with Crippen molar-refractivity contribution in [1.82, 2.24) is 19.9 Å². The van der Waals surface area contributed by atoms with Gasteiger partial charge in [0, 0.05) is 27.5 Å². The summed E-state index contributed by atoms with van der Waals surface area (Å²) in [6.07, 6.45) is 6.61. The molecule has 41 heavy (non-hydrogen) atoms. The van der Waals surface area contributed by atoms with Gasteiger partial charge >= 0.3 is 0 Å². The number of aryl methyl sites for hydroxylation is 4. The van der Waals surface area contributed by atoms with Crippen molar-refractivity contribution in [2.45, 2.75) is 118 Å². The van der Waals surface area contributed by atoms with Crippen molar-refractivity contribution in [1.29, 1.82) is 0 Å². The highest BCUT2D eigenvalue weighted by Crippen LogP contribution is 2.46. The molecule has 0 radical (unpaired) electrons. The number of nitrogens with zero attached hydrogens (tertiary/aromatic N) is 2. The summed E-state index contributed by atoms with van der Waals surface area (Å²) in [5.41, 5.74) is 15.8. The fraction of sp³-hybridized carbons (Fsp3) is 0.500. The molecule has 0 saturated heterocycles. The molecule has 3 aromatic heterocycles. The van der Waals surface area contributed by atoms with Crippen molar-refractivity contribution >= 4 is 33.2 Å². The summed E-state index contributed by atoms with van der Waals surface area (Å²) >= 11 is 0. The van der Waals surface area contributed by atoms with Crippen molar-refractivity contribution in [2.24, 2.45) is 0 Å². The molecule has 5 heterocycles. The second kappa shape index (κ2) is 11.6. The third-order valence-electron chi connectivity index (χ3n) is 9.87. The minimum atomic E-state index is -0.653. The first-order chi connectivity index (χ1) is 19.8. The summed E-state index contributed by atoms with van der Waals surface area (Å²) in [6, 6.07) is 8.88. The monoisotopic (exact) mass is 552 g/mol. The number of aliphatic hydroxyl groups excluding tert-OH is 1. The van der Waals surface area contributed by atoms with Crippen molar-refractivity contribution in [3.63, 3.8) is 0 Å². The number of hydrogen-bond donors (Lipinski definition) is 3. The molecule has 5 rings (SSSR count). The maximum atomic E-state index is 11.8. The normalized spacial score (nSPS) is 16.6. The Morgan fingerprint density at radius 3 is 1.39 bits per heavy atom. The Labute approximate surface area is 245 Å². The predicted octanol–water partition coefficient (Wildman–Crippen LogP) is 9.09. The maximum Gasteiger partial charge on any atom is 0.107 e. The average Bonchev–Trinajstić information content (AvgIpc) is 3.67. The van der Waals surface area contributed by atoms with Crippen molar-refractivity contribution in [3.8, 4) is 0 Å². The SMILES string of the molecule is CCC1=C(CC)c2cc3[nH]c(cc4nc(cc5[nH]c(cc1n2)c(CC)c5CC)C(O)C4(CC)CC)c(CC)c3CC. The van der Waals surface area contributed by atoms with Crippen molar-refractivity contribution < 1.29 is 5.11 Å². The van der Waals surface area contributed by atoms with Gasteiger partial charge in [-0.1, -0.05) is 55.4 Å². The van der Waals surface area contributed by atoms with E-state index in [2.05, 4.69) is 89.6 Å². The molecule has 0 aromatic carbocycles. The first-order valence-electron chi connectivity index (χ1n) is 16.0. The molecule has 0 amide bonds. The Morgan fingerprint density at radius 1 is 0.585 bits per heavy atom. The highest BCUT2D eigenvalue weighted by molar-refractivity contribution is 5.93. The van der Waals surface area contributed by atoms with Gasteiger partial charge in [-0.2, -0.15) is 0 Å². The maximum absolute atomic E-state index is 11.8. The standard InChI is InChI=1S/C36H48N4O/c1-9-21-22(10-2)28-18-30-25(13-5)26(14-6)32(39-30)20-34-36(15-7,16-8)35(41)33(40-34)19-31-24(12-4)23(11-3)29(38-31)17-27(21)37-28/h17-20,35,38-39,41H,9-16H2,1-8H3. The van der Waals surface area contributed by atoms with Crippen LogP contribution in [0.5, 0.6) is 0 Å². The van der Waals surface area contributed by atoms with Crippen LogP contribution in [0, 0.1) is 0 Å². The average molecular weight is 553 g/mol. The zero-order valence-electron chi connectivity index (χ0n) is 26.4. The largest absolute Gasteiger partial charge is 0.386 e. The first kappa shape index (κ1) is 29.3. The molecule has 218 valence electrons. The van der Waals surface area contributed by atoms with E-state index < -0.39 is 11.5 Å². The third kappa shape index (κ3) is 4.57. The van der Waals surface area contributed by atoms with Crippen LogP contribution in [0.25, 0.3) is 33.2 Å². The number of hydrogen-bond acceptors (Lipinski definition) is 3. The number of aliphatic hydroxyl groups is 1. The van der Waals surface area contributed by atoms with Gasteiger partial charge in [0.1, 0.15) is 6.10 Å². The fourth-order valence-electron chi connectivity index (χ4n) is 7.53. The summed E-state index contributed by atoms with van der Waals surface area (Å²) in [4.78, 5) is 18.0. The number of H-pyrrole nitrogens is 2. The smallest absolute Gasteiger partial charge is 0.107 e. The lowest BCUT2D eigenvalue weighted by atomic mass is 9.75. The number of aromatic nitrogens is 4. The molecule has 3 aromatic rings. The molecule has 0 spiro atoms. The van der Waals surface area contributed by atoms with Gasteiger partial charge < -0.3 is 15.1 Å². The molecule has 0 fully saturated rings. The van der Waals surface area contributed by atoms with Crippen LogP contribution in [0.15, 0.2) is 24.3 Å². The van der Waals surface area contributed by atoms with Gasteiger partial charge in [0.25, 0.3) is 0 Å². The molecule has 2 aliphatic heterocycles. The summed E-state index contributed by atoms with van der Waals surface area (Å²) in [5.74, 6) is 0. The highest BCUT2D eigenvalue weighted by atomic mass is 16.3. The molecule has 3 N–H and O–H groups in total. The van der Waals surface area contributed by atoms with Gasteiger partial charge in [-0.05, 0) is 109 Å². The topological polar surface area (TPSA) is 77.6 Å². The molecular weight excluding hydrogens is 504 g/mol. The number of fused-ring (bicyclic) bond motifs is 8. The summed E-state index contributed by atoms with van der Waals surface area (Å²) in [7, 11) is 0. The lowest BCUT2D eigenvalue weighted by molar-refractivity contribution is 0.0821. The molecule has 5 heteroatoms. The second-order valence-corrected chi connectivity index (χ2v) is 11.5. The third-order valence-corrected chi connectivity index (χ3v) is 9.87. The van der Waals surface area contributed by atoms with Crippen molar-refractivity contribution in [2.75, 3.05) is 0 Å². The molecule has 2 aliphatic rings. The lowest BCUT2D eigenvalue weighted by Gasteiger charge is -2.30. The minimum Gasteiger partial charge on any atom is -0.386 e. The molecule has 5 nitrogen and oxygen atoms in total. The van der Waals surface area contributed by atoms with E-state index >= 15 is 0 Å². The zero-order chi connectivity index (χ0) is 29.5. The van der Waals surface area contributed by atoms with Gasteiger partial charge in [-0.15, -0.1) is 0 Å². The fourth-order valence-corrected chi connectivity index (χ4v) is 7.53. The van der Waals surface area contributed by atoms with E-state index in [1.807, 2.05) is 0 Å². The quantitative estimate of drug-likeness (QED) is 0.261. The number of nitrogens with one attached hydrogen (secondary N) is 2. The summed E-state index contributed by atoms with van der Waals surface area (Å²) in [5, 5.41) is 11.8. The Bertz CT molecular complexity index is 1650. The Morgan fingerprint density at radius 2 is 1.00 bits per heavy atom. The highest BCUT2D eigenvalue weighted by Gasteiger charge is 2.43. The second-order valence-electron chi connectivity index (χ2n) is 11.5. The van der Waals surface area contributed by atoms with Gasteiger partial charge in [-0.25, -0.2) is 4.98 Å². The zero-order valence-corrected chi connectivity index (χ0v) is 26.4. The molecule has 8 bridgehead atoms. The Balaban J connectivity index is 2.03. The van der Waals surface area contributed by atoms with E-state index in [1.54, 1.807) is 0 Å². The van der Waals surface area contributed by atoms with Crippen LogP contribution in [-0.2, 0) is 31.1 Å². The van der Waals surface area contributed by atoms with Crippen LogP contribution in [0.3, 0.4) is 0 Å². The molecule has 1 unspecified atom stereocenters. The van der Waals surface area contributed by atoms with E-state index in [4.69, 9.17) is 9.97 Å². The molecule has 0 saturated carbocycles. The number of allylic oxidation sites excluding steroid dienone is 2. The van der Waals surface area contributed by atoms with E-state index in [1.165, 1.54) is 33.4 Å². The Hall–Kier alpha value is -3.18. The lowest BCUT2D eigenvalue weighted by Crippen LogP contribution is -2.28. The summed E-state index contributed by atoms with van der Waals surface area (Å²) in [6.45, 7) is 17.7. The van der Waals surface area contributed by atoms with E-state index in [-0.39, 0.29) is 0 Å². The van der Waals surface area contributed by atoms with Gasteiger partial charge in [0.05, 0.1) is 22.8 Å². The van der Waals surface area contributed by atoms with Crippen LogP contribution in [0.4, 0.5) is 0 Å². The van der Waals surface area contributed by atoms with Crippen LogP contribution in [0.1, 0.15) is 132 Å². The molecular formula is C36H48N4O. The number of rotatable bonds is 8. The number of aromatic amines is 2. The van der Waals surface area contributed by atoms with Gasteiger partial charge in [-0.3, -0.25) is 4.98 Å². The summed E-state index contributed by atoms with van der Waals surface area (Å²) < 4.78 is 0. The molecule has 1 atom stereocenters. The predicted molar refractivity (Wildman–Crippen MR) is 173 cm³/mol. The van der Waals surface area contributed by atoms with Crippen molar-refractivity contribution in [3.05, 3.63) is 69.3 Å². The van der Waals surface area contributed by atoms with E-state index in [0.717, 1.165) is 96.2 Å². The first-order valence-corrected chi connectivity index (χ1v) is 16.0. The van der Waals surface area contributed by atoms with Crippen LogP contribution >= 0.6 is 0 Å². The van der Waals surface area contributed by atoms with E-state index in [0.29, 0.717) is 0 Å². The van der Waals surface area contributed by atoms with Crippen LogP contribution < -0.4 is 0 Å². The Kier molecular flexibility index (Phi) is 8.29. The van der Waals surface area contributed by atoms with Gasteiger partial charge in [0.15, 0.2) is 0 Å². The van der Waals surface area contributed by atoms with Crippen LogP contribution in [0.2, 0.25) is 0 Å².